The molecule has 0 spiro atoms. The van der Waals surface area contributed by atoms with Gasteiger partial charge in [0.1, 0.15) is 0 Å². The predicted molar refractivity (Wildman–Crippen MR) is 12.2 cm³/mol. The predicted octanol–water partition coefficient (Wildman–Crippen LogP) is -0.883. The molecule has 0 saturated carbocycles. The van der Waals surface area contributed by atoms with Crippen molar-refractivity contribution in [2.45, 2.75) is 0 Å². The van der Waals surface area contributed by atoms with Gasteiger partial charge in [-0.1, -0.05) is 0 Å². The van der Waals surface area contributed by atoms with E-state index in [0.717, 1.165) is 0 Å². The van der Waals surface area contributed by atoms with Gasteiger partial charge in [-0.05, 0) is 0 Å². The van der Waals surface area contributed by atoms with Crippen molar-refractivity contribution in [2.24, 2.45) is 0 Å². The van der Waals surface area contributed by atoms with E-state index in [-0.39, 0.29) is 62.6 Å². The quantitative estimate of drug-likeness (QED) is 0.414. The van der Waals surface area contributed by atoms with Crippen molar-refractivity contribution < 1.29 is 27.9 Å². The van der Waals surface area contributed by atoms with Gasteiger partial charge in [0, 0.05) is 0 Å². The Labute approximate surface area is 62.2 Å². The molecule has 0 aliphatic carbocycles. The molecule has 0 aromatic carbocycles. The van der Waals surface area contributed by atoms with Crippen molar-refractivity contribution in [3.63, 3.8) is 0 Å². The average Bonchev–Trinajstić information content (AvgIpc) is 0. The van der Waals surface area contributed by atoms with Crippen LogP contribution in [0.2, 0.25) is 0 Å². The van der Waals surface area contributed by atoms with Crippen molar-refractivity contribution in [3.05, 3.63) is 0 Å². The first-order valence-electron chi connectivity index (χ1n) is 0. The molecule has 0 bridgehead atoms. The molecule has 0 aliphatic rings. The molecule has 0 aromatic rings. The maximum absolute atomic E-state index is 0. The Morgan fingerprint density at radius 3 is 0.750 bits per heavy atom. The third-order valence-electron chi connectivity index (χ3n) is 0. The summed E-state index contributed by atoms with van der Waals surface area (Å²) in [5.41, 5.74) is 0. The minimum atomic E-state index is 0. The maximum atomic E-state index is 0. The molecule has 0 rings (SSSR count). The molecule has 0 atom stereocenters. The van der Waals surface area contributed by atoms with E-state index in [0.29, 0.717) is 0 Å². The smallest absolute Gasteiger partial charge is 2.00 e. The minimum Gasteiger partial charge on any atom is -2.00 e. The van der Waals surface area contributed by atoms with Crippen molar-refractivity contribution in [3.8, 4) is 0 Å². The first-order chi connectivity index (χ1) is 0. The van der Waals surface area contributed by atoms with Gasteiger partial charge in [0.05, 0.1) is 0 Å². The fourth-order valence-electron chi connectivity index (χ4n) is 0. The first kappa shape index (κ1) is 42.0. The Hall–Kier alpha value is 1.77. The fraction of sp³-hybridized carbons (Fsp3) is 0. The fourth-order valence-corrected chi connectivity index (χ4v) is 0. The Morgan fingerprint density at radius 2 is 0.750 bits per heavy atom. The van der Waals surface area contributed by atoms with Gasteiger partial charge in [0.2, 0.25) is 0 Å². The van der Waals surface area contributed by atoms with Gasteiger partial charge in [0.25, 0.3) is 0 Å². The van der Waals surface area contributed by atoms with E-state index < -0.39 is 0 Å². The second-order valence-corrected chi connectivity index (χ2v) is 0. The SMILES string of the molecule is [Al+3].[Al+3].[Nb+5].[O-2]. The summed E-state index contributed by atoms with van der Waals surface area (Å²) in [7, 11) is 0. The summed E-state index contributed by atoms with van der Waals surface area (Å²) in [5, 5.41) is 0. The number of hydrogen-bond acceptors (Lipinski definition) is 0. The molecular formula is Al2NbO+9. The van der Waals surface area contributed by atoms with E-state index >= 15 is 0 Å². The van der Waals surface area contributed by atoms with Crippen LogP contribution in [0.3, 0.4) is 0 Å². The van der Waals surface area contributed by atoms with Crippen molar-refractivity contribution >= 4 is 34.7 Å². The molecule has 8 valence electrons. The first-order valence-corrected chi connectivity index (χ1v) is 0. The molecule has 4 heteroatoms. The van der Waals surface area contributed by atoms with Crippen LogP contribution in [-0.4, -0.2) is 34.7 Å². The van der Waals surface area contributed by atoms with Gasteiger partial charge in [0.15, 0.2) is 0 Å². The second-order valence-electron chi connectivity index (χ2n) is 0. The molecule has 1 nitrogen and oxygen atoms in total. The summed E-state index contributed by atoms with van der Waals surface area (Å²) in [5.74, 6) is 0. The number of rotatable bonds is 0. The molecule has 0 saturated heterocycles. The van der Waals surface area contributed by atoms with E-state index in [1.807, 2.05) is 0 Å². The monoisotopic (exact) mass is 163 g/mol. The maximum Gasteiger partial charge on any atom is 5.00 e. The van der Waals surface area contributed by atoms with Crippen LogP contribution < -0.4 is 0 Å². The van der Waals surface area contributed by atoms with Crippen molar-refractivity contribution in [2.75, 3.05) is 0 Å². The molecule has 0 fully saturated rings. The van der Waals surface area contributed by atoms with Crippen LogP contribution in [0, 0.1) is 0 Å². The molecule has 0 unspecified atom stereocenters. The van der Waals surface area contributed by atoms with E-state index in [9.17, 15) is 0 Å². The third kappa shape index (κ3) is 9.24. The molecule has 0 heterocycles. The van der Waals surface area contributed by atoms with Crippen LogP contribution in [-0.2, 0) is 27.9 Å². The van der Waals surface area contributed by atoms with Crippen LogP contribution in [0.15, 0.2) is 0 Å². The molecule has 0 N–H and O–H groups in total. The topological polar surface area (TPSA) is 28.5 Å². The Balaban J connectivity index is 0. The molecule has 4 heavy (non-hydrogen) atoms. The van der Waals surface area contributed by atoms with Crippen LogP contribution in [0.1, 0.15) is 0 Å². The van der Waals surface area contributed by atoms with Crippen LogP contribution in [0.4, 0.5) is 0 Å². The van der Waals surface area contributed by atoms with Gasteiger partial charge >= 0.3 is 57.1 Å². The summed E-state index contributed by atoms with van der Waals surface area (Å²) >= 11 is 0. The largest absolute Gasteiger partial charge is 5.00 e. The summed E-state index contributed by atoms with van der Waals surface area (Å²) < 4.78 is 0. The van der Waals surface area contributed by atoms with Crippen LogP contribution >= 0.6 is 0 Å². The summed E-state index contributed by atoms with van der Waals surface area (Å²) in [4.78, 5) is 0. The minimum absolute atomic E-state index is 0. The van der Waals surface area contributed by atoms with Gasteiger partial charge in [-0.25, -0.2) is 0 Å². The second kappa shape index (κ2) is 21.7. The molecule has 0 aliphatic heterocycles. The van der Waals surface area contributed by atoms with Gasteiger partial charge in [-0.15, -0.1) is 0 Å². The van der Waals surface area contributed by atoms with Gasteiger partial charge in [-0.3, -0.25) is 0 Å². The molecule has 0 amide bonds. The zero-order valence-corrected chi connectivity index (χ0v) is 6.52. The number of hydrogen-bond donors (Lipinski definition) is 0. The van der Waals surface area contributed by atoms with Crippen LogP contribution in [0.5, 0.6) is 0 Å². The standard InChI is InChI=1S/2Al.Nb.O/q2*+3;+5;-2. The Kier molecular flexibility index (Phi) is 228. The van der Waals surface area contributed by atoms with Crippen LogP contribution in [0.25, 0.3) is 0 Å². The van der Waals surface area contributed by atoms with E-state index in [1.165, 1.54) is 0 Å². The molecule has 0 radical (unpaired) electrons. The van der Waals surface area contributed by atoms with Gasteiger partial charge < -0.3 is 5.48 Å². The van der Waals surface area contributed by atoms with Crippen molar-refractivity contribution in [1.29, 1.82) is 0 Å². The Morgan fingerprint density at radius 1 is 0.750 bits per heavy atom. The Bertz CT molecular complexity index is 6.00. The normalized spacial score (nSPS) is 0. The zero-order chi connectivity index (χ0) is 0. The van der Waals surface area contributed by atoms with E-state index in [1.54, 1.807) is 0 Å². The average molecular weight is 163 g/mol. The van der Waals surface area contributed by atoms with Gasteiger partial charge in [-0.2, -0.15) is 0 Å². The van der Waals surface area contributed by atoms with E-state index in [2.05, 4.69) is 0 Å². The van der Waals surface area contributed by atoms with Crippen molar-refractivity contribution in [1.82, 2.24) is 0 Å². The molecule has 0 aromatic heterocycles. The summed E-state index contributed by atoms with van der Waals surface area (Å²) in [6.45, 7) is 0. The molecular weight excluding hydrogens is 163 g/mol. The zero-order valence-electron chi connectivity index (χ0n) is 2.01. The summed E-state index contributed by atoms with van der Waals surface area (Å²) in [6, 6.07) is 0. The van der Waals surface area contributed by atoms with E-state index in [4.69, 9.17) is 0 Å². The third-order valence-corrected chi connectivity index (χ3v) is 0. The summed E-state index contributed by atoms with van der Waals surface area (Å²) in [6.07, 6.45) is 0.